The highest BCUT2D eigenvalue weighted by Crippen LogP contribution is 2.16. The maximum absolute atomic E-state index is 12.8. The molecule has 0 bridgehead atoms. The predicted octanol–water partition coefficient (Wildman–Crippen LogP) is 2.71. The Kier molecular flexibility index (Phi) is 8.49. The van der Waals surface area contributed by atoms with E-state index in [2.05, 4.69) is 0 Å². The Bertz CT molecular complexity index is 949. The van der Waals surface area contributed by atoms with Crippen LogP contribution in [-0.4, -0.2) is 66.7 Å². The molecule has 2 aromatic carbocycles. The van der Waals surface area contributed by atoms with E-state index in [0.717, 1.165) is 5.56 Å². The van der Waals surface area contributed by atoms with Gasteiger partial charge in [-0.15, -0.1) is 0 Å². The Balaban J connectivity index is 2.04. The van der Waals surface area contributed by atoms with Crippen molar-refractivity contribution in [3.8, 4) is 0 Å². The van der Waals surface area contributed by atoms with E-state index in [1.54, 1.807) is 35.2 Å². The first-order chi connectivity index (χ1) is 14.8. The fraction of sp³-hybridized carbons (Fsp3) is 0.333. The summed E-state index contributed by atoms with van der Waals surface area (Å²) in [5.74, 6) is -1.76. The van der Waals surface area contributed by atoms with Crippen molar-refractivity contribution < 1.29 is 23.9 Å². The molecule has 0 aromatic heterocycles. The fourth-order valence-electron chi connectivity index (χ4n) is 3.00. The van der Waals surface area contributed by atoms with Crippen LogP contribution in [0.4, 0.5) is 0 Å². The van der Waals surface area contributed by atoms with Crippen LogP contribution in [-0.2, 0) is 14.3 Å². The standard InChI is InChI=1S/C24H28N2O5/c1-5-26(6-2)21(27)15-25(4)22(28)16-31-24(30)20-10-8-7-9-19(20)23(29)18-13-11-17(3)12-14-18/h7-14H,5-6,15-16H2,1-4H3. The number of carbonyl (C=O) groups excluding carboxylic acids is 4. The first-order valence-corrected chi connectivity index (χ1v) is 10.2. The molecule has 0 N–H and O–H groups in total. The number of ketones is 1. The highest BCUT2D eigenvalue weighted by Gasteiger charge is 2.22. The molecule has 0 aliphatic heterocycles. The summed E-state index contributed by atoms with van der Waals surface area (Å²) in [4.78, 5) is 52.7. The highest BCUT2D eigenvalue weighted by atomic mass is 16.5. The largest absolute Gasteiger partial charge is 0.452 e. The van der Waals surface area contributed by atoms with E-state index in [4.69, 9.17) is 4.74 Å². The van der Waals surface area contributed by atoms with Crippen molar-refractivity contribution in [2.45, 2.75) is 20.8 Å². The number of hydrogen-bond acceptors (Lipinski definition) is 5. The van der Waals surface area contributed by atoms with Gasteiger partial charge >= 0.3 is 5.97 Å². The summed E-state index contributed by atoms with van der Waals surface area (Å²) in [7, 11) is 1.48. The normalized spacial score (nSPS) is 10.3. The number of carbonyl (C=O) groups is 4. The van der Waals surface area contributed by atoms with E-state index < -0.39 is 18.5 Å². The smallest absolute Gasteiger partial charge is 0.339 e. The zero-order chi connectivity index (χ0) is 23.0. The molecule has 0 aliphatic rings. The first-order valence-electron chi connectivity index (χ1n) is 10.2. The topological polar surface area (TPSA) is 84.0 Å². The van der Waals surface area contributed by atoms with Crippen molar-refractivity contribution in [3.63, 3.8) is 0 Å². The molecule has 0 spiro atoms. The lowest BCUT2D eigenvalue weighted by Crippen LogP contribution is -2.42. The average Bonchev–Trinajstić information content (AvgIpc) is 2.78. The molecule has 0 saturated heterocycles. The van der Waals surface area contributed by atoms with Gasteiger partial charge in [-0.2, -0.15) is 0 Å². The number of aryl methyl sites for hydroxylation is 1. The molecule has 2 aromatic rings. The summed E-state index contributed by atoms with van der Waals surface area (Å²) in [5.41, 5.74) is 1.76. The molecule has 7 heteroatoms. The maximum atomic E-state index is 12.8. The Hall–Kier alpha value is -3.48. The van der Waals surface area contributed by atoms with Gasteiger partial charge in [-0.05, 0) is 26.8 Å². The van der Waals surface area contributed by atoms with E-state index in [9.17, 15) is 19.2 Å². The quantitative estimate of drug-likeness (QED) is 0.457. The zero-order valence-corrected chi connectivity index (χ0v) is 18.4. The number of esters is 1. The third-order valence-electron chi connectivity index (χ3n) is 4.95. The van der Waals surface area contributed by atoms with Gasteiger partial charge in [0.1, 0.15) is 0 Å². The van der Waals surface area contributed by atoms with Gasteiger partial charge in [-0.25, -0.2) is 4.79 Å². The van der Waals surface area contributed by atoms with Gasteiger partial charge in [0.2, 0.25) is 5.91 Å². The molecular formula is C24H28N2O5. The number of likely N-dealkylation sites (N-methyl/N-ethyl adjacent to an activating group) is 2. The molecule has 0 unspecified atom stereocenters. The lowest BCUT2D eigenvalue weighted by Gasteiger charge is -2.23. The van der Waals surface area contributed by atoms with Crippen LogP contribution in [0.2, 0.25) is 0 Å². The van der Waals surface area contributed by atoms with Crippen LogP contribution >= 0.6 is 0 Å². The number of rotatable bonds is 9. The zero-order valence-electron chi connectivity index (χ0n) is 18.4. The Morgan fingerprint density at radius 3 is 2.00 bits per heavy atom. The van der Waals surface area contributed by atoms with E-state index in [1.165, 1.54) is 18.0 Å². The van der Waals surface area contributed by atoms with Crippen molar-refractivity contribution >= 4 is 23.6 Å². The van der Waals surface area contributed by atoms with Gasteiger partial charge in [0.05, 0.1) is 12.1 Å². The summed E-state index contributed by atoms with van der Waals surface area (Å²) in [6, 6.07) is 13.4. The van der Waals surface area contributed by atoms with Crippen molar-refractivity contribution in [1.82, 2.24) is 9.80 Å². The van der Waals surface area contributed by atoms with E-state index in [1.807, 2.05) is 32.9 Å². The molecule has 0 heterocycles. The van der Waals surface area contributed by atoms with Crippen molar-refractivity contribution in [3.05, 3.63) is 70.8 Å². The van der Waals surface area contributed by atoms with E-state index >= 15 is 0 Å². The number of hydrogen-bond donors (Lipinski definition) is 0. The lowest BCUT2D eigenvalue weighted by molar-refractivity contribution is -0.140. The molecule has 164 valence electrons. The number of ether oxygens (including phenoxy) is 1. The molecular weight excluding hydrogens is 396 g/mol. The predicted molar refractivity (Wildman–Crippen MR) is 117 cm³/mol. The van der Waals surface area contributed by atoms with Crippen LogP contribution in [0, 0.1) is 6.92 Å². The van der Waals surface area contributed by atoms with Crippen molar-refractivity contribution in [1.29, 1.82) is 0 Å². The van der Waals surface area contributed by atoms with E-state index in [0.29, 0.717) is 18.7 Å². The lowest BCUT2D eigenvalue weighted by atomic mass is 9.98. The van der Waals surface area contributed by atoms with Crippen LogP contribution < -0.4 is 0 Å². The van der Waals surface area contributed by atoms with Crippen molar-refractivity contribution in [2.75, 3.05) is 33.3 Å². The summed E-state index contributed by atoms with van der Waals surface area (Å²) in [6.07, 6.45) is 0. The third-order valence-corrected chi connectivity index (χ3v) is 4.95. The second kappa shape index (κ2) is 11.1. The van der Waals surface area contributed by atoms with Crippen LogP contribution in [0.25, 0.3) is 0 Å². The molecule has 0 atom stereocenters. The maximum Gasteiger partial charge on any atom is 0.339 e. The van der Waals surface area contributed by atoms with Crippen molar-refractivity contribution in [2.24, 2.45) is 0 Å². The second-order valence-electron chi connectivity index (χ2n) is 7.13. The Labute approximate surface area is 182 Å². The van der Waals surface area contributed by atoms with E-state index in [-0.39, 0.29) is 29.4 Å². The molecule has 2 amide bonds. The van der Waals surface area contributed by atoms with Gasteiger partial charge in [0, 0.05) is 31.3 Å². The van der Waals surface area contributed by atoms with Crippen LogP contribution in [0.15, 0.2) is 48.5 Å². The molecule has 0 fully saturated rings. The first kappa shape index (κ1) is 23.8. The molecule has 7 nitrogen and oxygen atoms in total. The number of nitrogens with zero attached hydrogens (tertiary/aromatic N) is 2. The highest BCUT2D eigenvalue weighted by molar-refractivity contribution is 6.14. The SMILES string of the molecule is CCN(CC)C(=O)CN(C)C(=O)COC(=O)c1ccccc1C(=O)c1ccc(C)cc1. The summed E-state index contributed by atoms with van der Waals surface area (Å²) < 4.78 is 5.14. The second-order valence-corrected chi connectivity index (χ2v) is 7.13. The molecule has 0 radical (unpaired) electrons. The molecule has 31 heavy (non-hydrogen) atoms. The fourth-order valence-corrected chi connectivity index (χ4v) is 3.00. The Morgan fingerprint density at radius 2 is 1.42 bits per heavy atom. The molecule has 0 saturated carbocycles. The monoisotopic (exact) mass is 424 g/mol. The number of amides is 2. The molecule has 2 rings (SSSR count). The number of benzene rings is 2. The molecule has 0 aliphatic carbocycles. The summed E-state index contributed by atoms with van der Waals surface area (Å²) in [5, 5.41) is 0. The van der Waals surface area contributed by atoms with Gasteiger partial charge < -0.3 is 14.5 Å². The minimum absolute atomic E-state index is 0.0859. The van der Waals surface area contributed by atoms with Gasteiger partial charge in [-0.3, -0.25) is 14.4 Å². The Morgan fingerprint density at radius 1 is 0.839 bits per heavy atom. The van der Waals surface area contributed by atoms with Crippen LogP contribution in [0.1, 0.15) is 45.7 Å². The minimum atomic E-state index is -0.770. The van der Waals surface area contributed by atoms with Crippen LogP contribution in [0.5, 0.6) is 0 Å². The summed E-state index contributed by atoms with van der Waals surface area (Å²) >= 11 is 0. The summed E-state index contributed by atoms with van der Waals surface area (Å²) in [6.45, 7) is 6.13. The van der Waals surface area contributed by atoms with Gasteiger partial charge in [-0.1, -0.05) is 48.0 Å². The van der Waals surface area contributed by atoms with Gasteiger partial charge in [0.15, 0.2) is 12.4 Å². The average molecular weight is 424 g/mol. The van der Waals surface area contributed by atoms with Crippen LogP contribution in [0.3, 0.4) is 0 Å². The minimum Gasteiger partial charge on any atom is -0.452 e. The third kappa shape index (κ3) is 6.25. The van der Waals surface area contributed by atoms with Gasteiger partial charge in [0.25, 0.3) is 5.91 Å².